The molecule has 0 aliphatic rings. The first-order chi connectivity index (χ1) is 14.6. The van der Waals surface area contributed by atoms with E-state index in [0.29, 0.717) is 10.6 Å². The number of methoxy groups -OCH3 is 1. The Balaban J connectivity index is 2.47. The minimum Gasteiger partial charge on any atom is -0.496 e. The van der Waals surface area contributed by atoms with Gasteiger partial charge in [-0.15, -0.1) is 22.9 Å². The van der Waals surface area contributed by atoms with Crippen LogP contribution in [0.4, 0.5) is 5.00 Å². The molecule has 1 amide bonds. The number of anilines is 1. The van der Waals surface area contributed by atoms with Crippen LogP contribution in [0.15, 0.2) is 23.1 Å². The Morgan fingerprint density at radius 1 is 1.26 bits per heavy atom. The van der Waals surface area contributed by atoms with Crippen molar-refractivity contribution in [3.8, 4) is 5.75 Å². The molecule has 0 atom stereocenters. The normalized spacial score (nSPS) is 11.5. The van der Waals surface area contributed by atoms with Gasteiger partial charge in [-0.05, 0) is 44.5 Å². The summed E-state index contributed by atoms with van der Waals surface area (Å²) in [6.45, 7) is 5.62. The lowest BCUT2D eigenvalue weighted by atomic mass is 10.1. The summed E-state index contributed by atoms with van der Waals surface area (Å²) in [4.78, 5) is 26.2. The predicted molar refractivity (Wildman–Crippen MR) is 121 cm³/mol. The summed E-state index contributed by atoms with van der Waals surface area (Å²) < 4.78 is 37.0. The van der Waals surface area contributed by atoms with Crippen molar-refractivity contribution in [2.24, 2.45) is 0 Å². The van der Waals surface area contributed by atoms with Crippen LogP contribution < -0.4 is 10.1 Å². The molecule has 11 heteroatoms. The Morgan fingerprint density at radius 2 is 1.94 bits per heavy atom. The molecule has 0 saturated heterocycles. The summed E-state index contributed by atoms with van der Waals surface area (Å²) in [5.41, 5.74) is 1.01. The number of aryl methyl sites for hydroxylation is 1. The van der Waals surface area contributed by atoms with Crippen LogP contribution in [0.5, 0.6) is 5.75 Å². The van der Waals surface area contributed by atoms with E-state index in [2.05, 4.69) is 5.32 Å². The lowest BCUT2D eigenvalue weighted by Crippen LogP contribution is -2.29. The fraction of sp³-hybridized carbons (Fsp3) is 0.400. The molecule has 0 aliphatic heterocycles. The van der Waals surface area contributed by atoms with Gasteiger partial charge in [0.25, 0.3) is 5.91 Å². The standard InChI is InChI=1S/C20H25ClN2O6S2/c1-6-29-20(25)17-12(2)13(3)30-19(17)22-18(24)15-11-14(7-8-16(15)28-5)31(26,27)23(4)10-9-21/h7-8,11H,6,9-10H2,1-5H3,(H,22,24). The third-order valence-electron chi connectivity index (χ3n) is 4.62. The lowest BCUT2D eigenvalue weighted by Gasteiger charge is -2.17. The van der Waals surface area contributed by atoms with Crippen molar-refractivity contribution < 1.29 is 27.5 Å². The first-order valence-electron chi connectivity index (χ1n) is 9.37. The number of hydrogen-bond acceptors (Lipinski definition) is 7. The van der Waals surface area contributed by atoms with Crippen molar-refractivity contribution >= 4 is 49.8 Å². The van der Waals surface area contributed by atoms with Crippen LogP contribution in [0.1, 0.15) is 38.1 Å². The number of amides is 1. The average molecular weight is 489 g/mol. The molecule has 0 radical (unpaired) electrons. The molecule has 170 valence electrons. The minimum atomic E-state index is -3.84. The summed E-state index contributed by atoms with van der Waals surface area (Å²) in [5, 5.41) is 3.03. The Bertz CT molecular complexity index is 1080. The third kappa shape index (κ3) is 5.38. The van der Waals surface area contributed by atoms with E-state index >= 15 is 0 Å². The predicted octanol–water partition coefficient (Wildman–Crippen LogP) is 3.66. The van der Waals surface area contributed by atoms with E-state index < -0.39 is 21.9 Å². The van der Waals surface area contributed by atoms with Crippen LogP contribution in [-0.4, -0.2) is 57.8 Å². The number of sulfonamides is 1. The smallest absolute Gasteiger partial charge is 0.341 e. The second-order valence-electron chi connectivity index (χ2n) is 6.54. The average Bonchev–Trinajstić information content (AvgIpc) is 3.00. The van der Waals surface area contributed by atoms with Gasteiger partial charge in [-0.2, -0.15) is 4.31 Å². The summed E-state index contributed by atoms with van der Waals surface area (Å²) in [7, 11) is -1.06. The number of benzene rings is 1. The van der Waals surface area contributed by atoms with E-state index in [1.165, 1.54) is 43.7 Å². The molecule has 31 heavy (non-hydrogen) atoms. The molecule has 1 aromatic heterocycles. The van der Waals surface area contributed by atoms with Crippen molar-refractivity contribution in [2.45, 2.75) is 25.7 Å². The number of halogens is 1. The number of alkyl halides is 1. The third-order valence-corrected chi connectivity index (χ3v) is 7.76. The number of nitrogens with one attached hydrogen (secondary N) is 1. The van der Waals surface area contributed by atoms with Crippen LogP contribution in [0.25, 0.3) is 0 Å². The highest BCUT2D eigenvalue weighted by Gasteiger charge is 2.26. The van der Waals surface area contributed by atoms with E-state index in [1.54, 1.807) is 13.8 Å². The van der Waals surface area contributed by atoms with Gasteiger partial charge in [0.05, 0.1) is 29.7 Å². The first-order valence-corrected chi connectivity index (χ1v) is 12.2. The highest BCUT2D eigenvalue weighted by Crippen LogP contribution is 2.34. The Kier molecular flexibility index (Phi) is 8.47. The van der Waals surface area contributed by atoms with Gasteiger partial charge in [0.2, 0.25) is 10.0 Å². The van der Waals surface area contributed by atoms with Crippen molar-refractivity contribution in [1.82, 2.24) is 4.31 Å². The van der Waals surface area contributed by atoms with Gasteiger partial charge in [0, 0.05) is 24.3 Å². The largest absolute Gasteiger partial charge is 0.496 e. The van der Waals surface area contributed by atoms with E-state index in [0.717, 1.165) is 9.18 Å². The van der Waals surface area contributed by atoms with E-state index in [9.17, 15) is 18.0 Å². The molecule has 0 aliphatic carbocycles. The second kappa shape index (κ2) is 10.4. The first kappa shape index (κ1) is 25.1. The molecular formula is C20H25ClN2O6S2. The maximum atomic E-state index is 13.1. The molecule has 0 fully saturated rings. The fourth-order valence-corrected chi connectivity index (χ4v) is 5.37. The van der Waals surface area contributed by atoms with Crippen molar-refractivity contribution in [3.63, 3.8) is 0 Å². The van der Waals surface area contributed by atoms with Gasteiger partial charge in [-0.3, -0.25) is 4.79 Å². The van der Waals surface area contributed by atoms with Crippen LogP contribution >= 0.6 is 22.9 Å². The number of carbonyl (C=O) groups excluding carboxylic acids is 2. The maximum absolute atomic E-state index is 13.1. The quantitative estimate of drug-likeness (QED) is 0.427. The maximum Gasteiger partial charge on any atom is 0.341 e. The molecule has 0 saturated carbocycles. The number of hydrogen-bond donors (Lipinski definition) is 1. The molecule has 0 spiro atoms. The molecular weight excluding hydrogens is 464 g/mol. The van der Waals surface area contributed by atoms with Gasteiger partial charge < -0.3 is 14.8 Å². The molecule has 0 unspecified atom stereocenters. The topological polar surface area (TPSA) is 102 Å². The number of thiophene rings is 1. The molecule has 1 N–H and O–H groups in total. The second-order valence-corrected chi connectivity index (χ2v) is 10.2. The van der Waals surface area contributed by atoms with Crippen molar-refractivity contribution in [1.29, 1.82) is 0 Å². The monoisotopic (exact) mass is 488 g/mol. The molecule has 8 nitrogen and oxygen atoms in total. The Labute approximate surface area is 191 Å². The lowest BCUT2D eigenvalue weighted by molar-refractivity contribution is 0.0527. The molecule has 1 aromatic carbocycles. The minimum absolute atomic E-state index is 0.0152. The summed E-state index contributed by atoms with van der Waals surface area (Å²) in [6.07, 6.45) is 0. The number of ether oxygens (including phenoxy) is 2. The zero-order chi connectivity index (χ0) is 23.3. The molecule has 2 rings (SSSR count). The van der Waals surface area contributed by atoms with Crippen molar-refractivity contribution in [2.75, 3.05) is 38.5 Å². The van der Waals surface area contributed by atoms with Crippen LogP contribution in [-0.2, 0) is 14.8 Å². The SMILES string of the molecule is CCOC(=O)c1c(NC(=O)c2cc(S(=O)(=O)N(C)CCCl)ccc2OC)sc(C)c1C. The molecule has 2 aromatic rings. The van der Waals surface area contributed by atoms with Gasteiger partial charge >= 0.3 is 5.97 Å². The zero-order valence-electron chi connectivity index (χ0n) is 17.9. The molecule has 1 heterocycles. The summed E-state index contributed by atoms with van der Waals surface area (Å²) >= 11 is 6.90. The highest BCUT2D eigenvalue weighted by atomic mass is 35.5. The Hall–Kier alpha value is -2.14. The van der Waals surface area contributed by atoms with Gasteiger partial charge in [-0.25, -0.2) is 13.2 Å². The van der Waals surface area contributed by atoms with E-state index in [-0.39, 0.29) is 40.8 Å². The fourth-order valence-electron chi connectivity index (χ4n) is 2.78. The zero-order valence-corrected chi connectivity index (χ0v) is 20.3. The van der Waals surface area contributed by atoms with Crippen molar-refractivity contribution in [3.05, 3.63) is 39.8 Å². The van der Waals surface area contributed by atoms with Gasteiger partial charge in [0.15, 0.2) is 0 Å². The number of rotatable bonds is 9. The van der Waals surface area contributed by atoms with Crippen LogP contribution in [0.2, 0.25) is 0 Å². The highest BCUT2D eigenvalue weighted by molar-refractivity contribution is 7.89. The van der Waals surface area contributed by atoms with Crippen LogP contribution in [0, 0.1) is 13.8 Å². The summed E-state index contributed by atoms with van der Waals surface area (Å²) in [6, 6.07) is 4.01. The van der Waals surface area contributed by atoms with Gasteiger partial charge in [-0.1, -0.05) is 0 Å². The summed E-state index contributed by atoms with van der Waals surface area (Å²) in [5.74, 6) is -0.821. The number of carbonyl (C=O) groups is 2. The number of esters is 1. The van der Waals surface area contributed by atoms with E-state index in [1.807, 2.05) is 6.92 Å². The Morgan fingerprint density at radius 3 is 2.52 bits per heavy atom. The van der Waals surface area contributed by atoms with Crippen LogP contribution in [0.3, 0.4) is 0 Å². The van der Waals surface area contributed by atoms with Gasteiger partial charge in [0.1, 0.15) is 10.8 Å². The van der Waals surface area contributed by atoms with E-state index in [4.69, 9.17) is 21.1 Å². The molecule has 0 bridgehead atoms. The number of nitrogens with zero attached hydrogens (tertiary/aromatic N) is 1.